The number of aliphatic hydroxyl groups excluding tert-OH is 1. The fourth-order valence-electron chi connectivity index (χ4n) is 3.86. The first kappa shape index (κ1) is 25.3. The number of aliphatic hydroxyl groups is 1. The number of ether oxygens (including phenoxy) is 3. The molecule has 2 aromatic carbocycles. The van der Waals surface area contributed by atoms with Gasteiger partial charge in [0.2, 0.25) is 0 Å². The van der Waals surface area contributed by atoms with Crippen molar-refractivity contribution in [2.75, 3.05) is 33.5 Å². The van der Waals surface area contributed by atoms with Gasteiger partial charge < -0.3 is 24.2 Å². The molecule has 7 nitrogen and oxygen atoms in total. The minimum absolute atomic E-state index is 0.0459. The van der Waals surface area contributed by atoms with E-state index in [0.717, 1.165) is 6.42 Å². The van der Waals surface area contributed by atoms with Gasteiger partial charge in [0, 0.05) is 19.2 Å². The van der Waals surface area contributed by atoms with E-state index in [-0.39, 0.29) is 24.5 Å². The topological polar surface area (TPSA) is 85.3 Å². The lowest BCUT2D eigenvalue weighted by Gasteiger charge is -2.25. The molecule has 3 rings (SSSR count). The summed E-state index contributed by atoms with van der Waals surface area (Å²) >= 11 is 0. The molecular weight excluding hydrogens is 434 g/mol. The first-order valence-corrected chi connectivity index (χ1v) is 11.6. The monoisotopic (exact) mass is 467 g/mol. The van der Waals surface area contributed by atoms with E-state index in [2.05, 4.69) is 13.8 Å². The molecule has 1 heterocycles. The lowest BCUT2D eigenvalue weighted by molar-refractivity contribution is -0.140. The number of hydrogen-bond acceptors (Lipinski definition) is 6. The summed E-state index contributed by atoms with van der Waals surface area (Å²) < 4.78 is 16.5. The van der Waals surface area contributed by atoms with Crippen LogP contribution >= 0.6 is 0 Å². The Kier molecular flexibility index (Phi) is 8.71. The molecule has 0 bridgehead atoms. The molecule has 7 heteroatoms. The van der Waals surface area contributed by atoms with Crippen LogP contribution in [0, 0.1) is 5.92 Å². The molecule has 0 saturated carbocycles. The summed E-state index contributed by atoms with van der Waals surface area (Å²) in [5, 5.41) is 11.2. The molecule has 0 aliphatic carbocycles. The fraction of sp³-hybridized carbons (Fsp3) is 0.407. The summed E-state index contributed by atoms with van der Waals surface area (Å²) in [5.41, 5.74) is 1.16. The van der Waals surface area contributed by atoms with E-state index in [1.54, 1.807) is 24.3 Å². The Bertz CT molecular complexity index is 1030. The summed E-state index contributed by atoms with van der Waals surface area (Å²) in [5.74, 6) is 0.203. The van der Waals surface area contributed by atoms with E-state index < -0.39 is 17.7 Å². The van der Waals surface area contributed by atoms with Crippen LogP contribution in [-0.2, 0) is 14.3 Å². The van der Waals surface area contributed by atoms with E-state index in [1.807, 2.05) is 31.2 Å². The van der Waals surface area contributed by atoms with Crippen molar-refractivity contribution < 1.29 is 28.9 Å². The molecule has 182 valence electrons. The summed E-state index contributed by atoms with van der Waals surface area (Å²) in [7, 11) is 1.54. The van der Waals surface area contributed by atoms with Crippen molar-refractivity contribution in [3.05, 3.63) is 65.2 Å². The van der Waals surface area contributed by atoms with Gasteiger partial charge in [-0.15, -0.1) is 0 Å². The second kappa shape index (κ2) is 11.7. The summed E-state index contributed by atoms with van der Waals surface area (Å²) in [4.78, 5) is 27.5. The Hall–Kier alpha value is -3.32. The van der Waals surface area contributed by atoms with Crippen LogP contribution in [0.2, 0.25) is 0 Å². The van der Waals surface area contributed by atoms with Crippen LogP contribution in [0.4, 0.5) is 0 Å². The number of benzene rings is 2. The van der Waals surface area contributed by atoms with Gasteiger partial charge in [-0.05, 0) is 61.2 Å². The number of rotatable bonds is 11. The number of hydrogen-bond donors (Lipinski definition) is 1. The fourth-order valence-corrected chi connectivity index (χ4v) is 3.86. The summed E-state index contributed by atoms with van der Waals surface area (Å²) in [6.45, 7) is 7.70. The Balaban J connectivity index is 2.02. The summed E-state index contributed by atoms with van der Waals surface area (Å²) in [6.07, 6.45) is 0.911. The van der Waals surface area contributed by atoms with Crippen LogP contribution in [0.15, 0.2) is 54.1 Å². The predicted octanol–water partition coefficient (Wildman–Crippen LogP) is 4.58. The second-order valence-corrected chi connectivity index (χ2v) is 8.55. The molecule has 0 radical (unpaired) electrons. The van der Waals surface area contributed by atoms with E-state index >= 15 is 0 Å². The second-order valence-electron chi connectivity index (χ2n) is 8.55. The van der Waals surface area contributed by atoms with Crippen molar-refractivity contribution in [2.24, 2.45) is 5.92 Å². The maximum Gasteiger partial charge on any atom is 0.295 e. The van der Waals surface area contributed by atoms with E-state index in [4.69, 9.17) is 14.2 Å². The Labute approximate surface area is 200 Å². The third-order valence-corrected chi connectivity index (χ3v) is 5.65. The molecule has 1 N–H and O–H groups in total. The van der Waals surface area contributed by atoms with Crippen LogP contribution in [0.3, 0.4) is 0 Å². The van der Waals surface area contributed by atoms with Gasteiger partial charge >= 0.3 is 0 Å². The van der Waals surface area contributed by atoms with Crippen molar-refractivity contribution in [3.8, 4) is 11.5 Å². The summed E-state index contributed by atoms with van der Waals surface area (Å²) in [6, 6.07) is 13.4. The molecule has 1 aliphatic heterocycles. The quantitative estimate of drug-likeness (QED) is 0.296. The van der Waals surface area contributed by atoms with Crippen molar-refractivity contribution in [1.29, 1.82) is 0 Å². The standard InChI is InChI=1S/C27H33NO6/c1-5-33-21-11-9-19(10-12-21)25(29)23-24(28(14-16-32-4)27(31)26(23)30)20-7-6-8-22(17-20)34-15-13-18(2)3/h6-12,17-18,24,29H,5,13-16H2,1-4H3/t24-/m1/s1. The van der Waals surface area contributed by atoms with Gasteiger partial charge in [0.25, 0.3) is 11.7 Å². The zero-order chi connectivity index (χ0) is 24.7. The van der Waals surface area contributed by atoms with Gasteiger partial charge in [-0.3, -0.25) is 9.59 Å². The third-order valence-electron chi connectivity index (χ3n) is 5.65. The first-order chi connectivity index (χ1) is 16.4. The molecule has 34 heavy (non-hydrogen) atoms. The molecule has 1 saturated heterocycles. The zero-order valence-electron chi connectivity index (χ0n) is 20.2. The smallest absolute Gasteiger partial charge is 0.295 e. The van der Waals surface area contributed by atoms with Crippen LogP contribution in [0.1, 0.15) is 44.4 Å². The molecular formula is C27H33NO6. The number of nitrogens with zero attached hydrogens (tertiary/aromatic N) is 1. The Morgan fingerprint density at radius 1 is 1.03 bits per heavy atom. The van der Waals surface area contributed by atoms with Gasteiger partial charge in [-0.25, -0.2) is 0 Å². The molecule has 1 fully saturated rings. The average molecular weight is 468 g/mol. The predicted molar refractivity (Wildman–Crippen MR) is 130 cm³/mol. The van der Waals surface area contributed by atoms with E-state index in [0.29, 0.717) is 41.8 Å². The molecule has 1 atom stereocenters. The van der Waals surface area contributed by atoms with Crippen molar-refractivity contribution in [2.45, 2.75) is 33.2 Å². The molecule has 1 aliphatic rings. The van der Waals surface area contributed by atoms with Crippen LogP contribution in [-0.4, -0.2) is 55.2 Å². The van der Waals surface area contributed by atoms with Gasteiger partial charge in [-0.2, -0.15) is 0 Å². The maximum absolute atomic E-state index is 13.1. The SMILES string of the molecule is CCOc1ccc(C(O)=C2C(=O)C(=O)N(CCOC)[C@@H]2c2cccc(OCCC(C)C)c2)cc1. The molecule has 2 aromatic rings. The van der Waals surface area contributed by atoms with Crippen molar-refractivity contribution in [1.82, 2.24) is 4.90 Å². The highest BCUT2D eigenvalue weighted by Gasteiger charge is 2.46. The Morgan fingerprint density at radius 3 is 2.41 bits per heavy atom. The van der Waals surface area contributed by atoms with Gasteiger partial charge in [0.15, 0.2) is 0 Å². The van der Waals surface area contributed by atoms with Gasteiger partial charge in [0.1, 0.15) is 17.3 Å². The van der Waals surface area contributed by atoms with Crippen molar-refractivity contribution >= 4 is 17.4 Å². The first-order valence-electron chi connectivity index (χ1n) is 11.6. The number of carbonyl (C=O) groups excluding carboxylic acids is 2. The van der Waals surface area contributed by atoms with Gasteiger partial charge in [-0.1, -0.05) is 26.0 Å². The number of amides is 1. The highest BCUT2D eigenvalue weighted by atomic mass is 16.5. The number of likely N-dealkylation sites (tertiary alicyclic amines) is 1. The van der Waals surface area contributed by atoms with Gasteiger partial charge in [0.05, 0.1) is 31.4 Å². The molecule has 0 spiro atoms. The van der Waals surface area contributed by atoms with Crippen LogP contribution in [0.5, 0.6) is 11.5 Å². The largest absolute Gasteiger partial charge is 0.507 e. The Morgan fingerprint density at radius 2 is 1.76 bits per heavy atom. The number of Topliss-reactive ketones (excluding diaryl/α,β-unsaturated/α-hetero) is 1. The normalized spacial score (nSPS) is 17.4. The number of carbonyl (C=O) groups is 2. The van der Waals surface area contributed by atoms with Crippen LogP contribution in [0.25, 0.3) is 5.76 Å². The average Bonchev–Trinajstić information content (AvgIpc) is 3.08. The highest BCUT2D eigenvalue weighted by molar-refractivity contribution is 6.46. The maximum atomic E-state index is 13.1. The lowest BCUT2D eigenvalue weighted by atomic mass is 9.95. The van der Waals surface area contributed by atoms with Crippen LogP contribution < -0.4 is 9.47 Å². The highest BCUT2D eigenvalue weighted by Crippen LogP contribution is 2.40. The molecule has 0 unspecified atom stereocenters. The minimum Gasteiger partial charge on any atom is -0.507 e. The lowest BCUT2D eigenvalue weighted by Crippen LogP contribution is -2.32. The number of ketones is 1. The van der Waals surface area contributed by atoms with E-state index in [1.165, 1.54) is 12.0 Å². The minimum atomic E-state index is -0.754. The zero-order valence-corrected chi connectivity index (χ0v) is 20.2. The number of methoxy groups -OCH3 is 1. The van der Waals surface area contributed by atoms with Crippen molar-refractivity contribution in [3.63, 3.8) is 0 Å². The third kappa shape index (κ3) is 5.78. The molecule has 1 amide bonds. The molecule has 0 aromatic heterocycles. The van der Waals surface area contributed by atoms with E-state index in [9.17, 15) is 14.7 Å².